The van der Waals surface area contributed by atoms with Crippen molar-refractivity contribution in [1.29, 1.82) is 0 Å². The number of aryl methyl sites for hydroxylation is 2. The lowest BCUT2D eigenvalue weighted by atomic mass is 9.83. The molecule has 1 aromatic carbocycles. The first-order valence-corrected chi connectivity index (χ1v) is 7.92. The summed E-state index contributed by atoms with van der Waals surface area (Å²) in [6.07, 6.45) is 5.36. The summed E-state index contributed by atoms with van der Waals surface area (Å²) in [5.41, 5.74) is 4.36. The maximum atomic E-state index is 3.73. The Morgan fingerprint density at radius 1 is 1.21 bits per heavy atom. The summed E-state index contributed by atoms with van der Waals surface area (Å²) in [7, 11) is 0. The molecule has 0 aromatic heterocycles. The summed E-state index contributed by atoms with van der Waals surface area (Å²) in [5, 5.41) is 3.73. The lowest BCUT2D eigenvalue weighted by molar-refractivity contribution is 0.402. The highest BCUT2D eigenvalue weighted by Crippen LogP contribution is 2.30. The fourth-order valence-electron chi connectivity index (χ4n) is 2.88. The predicted molar refractivity (Wildman–Crippen MR) is 83.8 cm³/mol. The van der Waals surface area contributed by atoms with Crippen molar-refractivity contribution in [1.82, 2.24) is 5.32 Å². The molecule has 0 bridgehead atoms. The molecule has 0 spiro atoms. The molecule has 1 aliphatic rings. The Bertz CT molecular complexity index is 406. The molecule has 0 aliphatic heterocycles. The van der Waals surface area contributed by atoms with E-state index in [1.165, 1.54) is 42.4 Å². The SMILES string of the molecule is CCCC(C)C(CNC1CC1)c1ccc(C)c(C)c1. The molecular formula is C18H29N. The summed E-state index contributed by atoms with van der Waals surface area (Å²) in [6, 6.07) is 7.84. The standard InChI is InChI=1S/C18H29N/c1-5-6-14(3)18(12-19-17-9-10-17)16-8-7-13(2)15(4)11-16/h7-8,11,14,17-19H,5-6,9-10,12H2,1-4H3. The van der Waals surface area contributed by atoms with Crippen LogP contribution < -0.4 is 5.32 Å². The topological polar surface area (TPSA) is 12.0 Å². The summed E-state index contributed by atoms with van der Waals surface area (Å²) in [4.78, 5) is 0. The maximum Gasteiger partial charge on any atom is 0.00684 e. The minimum Gasteiger partial charge on any atom is -0.313 e. The second kappa shape index (κ2) is 6.56. The van der Waals surface area contributed by atoms with Crippen LogP contribution in [0.1, 0.15) is 62.1 Å². The molecule has 19 heavy (non-hydrogen) atoms. The summed E-state index contributed by atoms with van der Waals surface area (Å²) < 4.78 is 0. The van der Waals surface area contributed by atoms with Crippen molar-refractivity contribution in [2.24, 2.45) is 5.92 Å². The zero-order valence-corrected chi connectivity index (χ0v) is 13.0. The van der Waals surface area contributed by atoms with Gasteiger partial charge in [0.25, 0.3) is 0 Å². The normalized spacial score (nSPS) is 18.3. The minimum atomic E-state index is 0.667. The Hall–Kier alpha value is -0.820. The molecule has 1 heteroatoms. The fourth-order valence-corrected chi connectivity index (χ4v) is 2.88. The van der Waals surface area contributed by atoms with Gasteiger partial charge in [-0.25, -0.2) is 0 Å². The zero-order chi connectivity index (χ0) is 13.8. The minimum absolute atomic E-state index is 0.667. The molecule has 1 nitrogen and oxygen atoms in total. The van der Waals surface area contributed by atoms with E-state index in [0.29, 0.717) is 5.92 Å². The van der Waals surface area contributed by atoms with Crippen molar-refractivity contribution < 1.29 is 0 Å². The van der Waals surface area contributed by atoms with Crippen molar-refractivity contribution in [3.05, 3.63) is 34.9 Å². The molecule has 2 rings (SSSR count). The van der Waals surface area contributed by atoms with Crippen molar-refractivity contribution in [3.63, 3.8) is 0 Å². The molecule has 1 aromatic rings. The van der Waals surface area contributed by atoms with Crippen molar-refractivity contribution >= 4 is 0 Å². The first-order valence-electron chi connectivity index (χ1n) is 7.92. The molecule has 1 saturated carbocycles. The van der Waals surface area contributed by atoms with Gasteiger partial charge in [-0.15, -0.1) is 0 Å². The van der Waals surface area contributed by atoms with Crippen LogP contribution in [-0.4, -0.2) is 12.6 Å². The highest BCUT2D eigenvalue weighted by Gasteiger charge is 2.25. The third kappa shape index (κ3) is 4.07. The Morgan fingerprint density at radius 3 is 2.53 bits per heavy atom. The van der Waals surface area contributed by atoms with Gasteiger partial charge >= 0.3 is 0 Å². The van der Waals surface area contributed by atoms with Crippen LogP contribution in [0.25, 0.3) is 0 Å². The van der Waals surface area contributed by atoms with Gasteiger partial charge in [-0.1, -0.05) is 44.9 Å². The second-order valence-corrected chi connectivity index (χ2v) is 6.40. The van der Waals surface area contributed by atoms with Gasteiger partial charge in [0.05, 0.1) is 0 Å². The Kier molecular flexibility index (Phi) is 5.04. The third-order valence-electron chi connectivity index (χ3n) is 4.59. The molecule has 0 amide bonds. The molecule has 106 valence electrons. The van der Waals surface area contributed by atoms with Gasteiger partial charge in [-0.2, -0.15) is 0 Å². The van der Waals surface area contributed by atoms with E-state index in [2.05, 4.69) is 51.2 Å². The molecule has 0 saturated heterocycles. The average molecular weight is 259 g/mol. The number of hydrogen-bond donors (Lipinski definition) is 1. The van der Waals surface area contributed by atoms with E-state index in [9.17, 15) is 0 Å². The van der Waals surface area contributed by atoms with Crippen molar-refractivity contribution in [2.75, 3.05) is 6.54 Å². The lowest BCUT2D eigenvalue weighted by Crippen LogP contribution is -2.27. The van der Waals surface area contributed by atoms with Crippen LogP contribution in [0.4, 0.5) is 0 Å². The zero-order valence-electron chi connectivity index (χ0n) is 13.0. The first-order chi connectivity index (χ1) is 9.11. The van der Waals surface area contributed by atoms with Crippen molar-refractivity contribution in [3.8, 4) is 0 Å². The van der Waals surface area contributed by atoms with Crippen LogP contribution in [0.15, 0.2) is 18.2 Å². The summed E-state index contributed by atoms with van der Waals surface area (Å²) >= 11 is 0. The average Bonchev–Trinajstić information content (AvgIpc) is 3.18. The van der Waals surface area contributed by atoms with E-state index in [1.807, 2.05) is 0 Å². The molecule has 1 aliphatic carbocycles. The molecule has 0 heterocycles. The van der Waals surface area contributed by atoms with E-state index in [-0.39, 0.29) is 0 Å². The third-order valence-corrected chi connectivity index (χ3v) is 4.59. The van der Waals surface area contributed by atoms with Crippen LogP contribution in [0.2, 0.25) is 0 Å². The van der Waals surface area contributed by atoms with Gasteiger partial charge in [-0.05, 0) is 55.2 Å². The lowest BCUT2D eigenvalue weighted by Gasteiger charge is -2.25. The molecule has 1 N–H and O–H groups in total. The van der Waals surface area contributed by atoms with Gasteiger partial charge < -0.3 is 5.32 Å². The Balaban J connectivity index is 2.10. The van der Waals surface area contributed by atoms with Gasteiger partial charge in [0.2, 0.25) is 0 Å². The summed E-state index contributed by atoms with van der Waals surface area (Å²) in [6.45, 7) is 10.3. The van der Waals surface area contributed by atoms with E-state index in [0.717, 1.165) is 18.5 Å². The predicted octanol–water partition coefficient (Wildman–Crippen LogP) is 4.58. The van der Waals surface area contributed by atoms with Gasteiger partial charge in [0.15, 0.2) is 0 Å². The quantitative estimate of drug-likeness (QED) is 0.756. The fraction of sp³-hybridized carbons (Fsp3) is 0.667. The number of hydrogen-bond acceptors (Lipinski definition) is 1. The highest BCUT2D eigenvalue weighted by molar-refractivity contribution is 5.32. The van der Waals surface area contributed by atoms with E-state index < -0.39 is 0 Å². The Morgan fingerprint density at radius 2 is 1.95 bits per heavy atom. The molecule has 2 unspecified atom stereocenters. The monoisotopic (exact) mass is 259 g/mol. The van der Waals surface area contributed by atoms with E-state index in [1.54, 1.807) is 0 Å². The van der Waals surface area contributed by atoms with Crippen LogP contribution >= 0.6 is 0 Å². The van der Waals surface area contributed by atoms with Crippen molar-refractivity contribution in [2.45, 2.75) is 65.3 Å². The second-order valence-electron chi connectivity index (χ2n) is 6.40. The molecule has 2 atom stereocenters. The van der Waals surface area contributed by atoms with Gasteiger partial charge in [-0.3, -0.25) is 0 Å². The van der Waals surface area contributed by atoms with Crippen LogP contribution in [-0.2, 0) is 0 Å². The highest BCUT2D eigenvalue weighted by atomic mass is 14.9. The van der Waals surface area contributed by atoms with E-state index in [4.69, 9.17) is 0 Å². The van der Waals surface area contributed by atoms with Gasteiger partial charge in [0, 0.05) is 12.6 Å². The number of benzene rings is 1. The summed E-state index contributed by atoms with van der Waals surface area (Å²) in [5.74, 6) is 1.43. The van der Waals surface area contributed by atoms with E-state index >= 15 is 0 Å². The van der Waals surface area contributed by atoms with Crippen LogP contribution in [0, 0.1) is 19.8 Å². The number of nitrogens with one attached hydrogen (secondary N) is 1. The smallest absolute Gasteiger partial charge is 0.00684 e. The van der Waals surface area contributed by atoms with Crippen LogP contribution in [0.3, 0.4) is 0 Å². The largest absolute Gasteiger partial charge is 0.313 e. The maximum absolute atomic E-state index is 3.73. The van der Waals surface area contributed by atoms with Gasteiger partial charge in [0.1, 0.15) is 0 Å². The van der Waals surface area contributed by atoms with Crippen LogP contribution in [0.5, 0.6) is 0 Å². The molecular weight excluding hydrogens is 230 g/mol. The molecule has 0 radical (unpaired) electrons. The number of rotatable bonds is 7. The first kappa shape index (κ1) is 14.6. The molecule has 1 fully saturated rings. The Labute approximate surface area is 118 Å².